The Balaban J connectivity index is 2.43. The third-order valence-electron chi connectivity index (χ3n) is 2.97. The van der Waals surface area contributed by atoms with Crippen molar-refractivity contribution in [3.8, 4) is 0 Å². The van der Waals surface area contributed by atoms with Gasteiger partial charge in [0.2, 0.25) is 0 Å². The molecule has 0 aliphatic carbocycles. The number of nitrogens with one attached hydrogen (secondary N) is 2. The van der Waals surface area contributed by atoms with Crippen LogP contribution in [0.2, 0.25) is 0 Å². The Hall–Kier alpha value is -2.10. The maximum absolute atomic E-state index is 11.8. The second kappa shape index (κ2) is 4.64. The lowest BCUT2D eigenvalue weighted by atomic mass is 10.0. The first-order valence-electron chi connectivity index (χ1n) is 5.88. The zero-order valence-electron chi connectivity index (χ0n) is 10.7. The van der Waals surface area contributed by atoms with Crippen LogP contribution in [0.25, 0.3) is 0 Å². The van der Waals surface area contributed by atoms with Gasteiger partial charge in [-0.2, -0.15) is 0 Å². The molecule has 94 valence electrons. The highest BCUT2D eigenvalue weighted by molar-refractivity contribution is 6.06. The first kappa shape index (κ1) is 12.4. The highest BCUT2D eigenvalue weighted by Crippen LogP contribution is 2.27. The van der Waals surface area contributed by atoms with Crippen molar-refractivity contribution >= 4 is 11.9 Å². The lowest BCUT2D eigenvalue weighted by molar-refractivity contribution is 0.211. The van der Waals surface area contributed by atoms with Crippen LogP contribution in [0, 0.1) is 19.3 Å². The van der Waals surface area contributed by atoms with E-state index in [-0.39, 0.29) is 17.9 Å². The highest BCUT2D eigenvalue weighted by atomic mass is 16.2. The zero-order chi connectivity index (χ0) is 13.3. The van der Waals surface area contributed by atoms with Gasteiger partial charge in [0.25, 0.3) is 0 Å². The summed E-state index contributed by atoms with van der Waals surface area (Å²) in [6.45, 7) is 8.12. The number of amidine groups is 1. The topological polar surface area (TPSA) is 56.2 Å². The molecule has 1 fully saturated rings. The van der Waals surface area contributed by atoms with Crippen LogP contribution in [0.4, 0.5) is 4.79 Å². The van der Waals surface area contributed by atoms with Crippen LogP contribution in [0.5, 0.6) is 0 Å². The quantitative estimate of drug-likeness (QED) is 0.787. The van der Waals surface area contributed by atoms with E-state index in [0.29, 0.717) is 6.54 Å². The van der Waals surface area contributed by atoms with Crippen LogP contribution >= 0.6 is 0 Å². The highest BCUT2D eigenvalue weighted by Gasteiger charge is 2.35. The van der Waals surface area contributed by atoms with Crippen LogP contribution in [-0.4, -0.2) is 23.3 Å². The van der Waals surface area contributed by atoms with Crippen LogP contribution in [0.3, 0.4) is 0 Å². The van der Waals surface area contributed by atoms with Gasteiger partial charge in [0.1, 0.15) is 11.9 Å². The maximum Gasteiger partial charge on any atom is 0.323 e. The Labute approximate surface area is 107 Å². The predicted molar refractivity (Wildman–Crippen MR) is 71.8 cm³/mol. The van der Waals surface area contributed by atoms with Crippen molar-refractivity contribution < 1.29 is 4.79 Å². The van der Waals surface area contributed by atoms with Crippen molar-refractivity contribution in [2.45, 2.75) is 19.9 Å². The van der Waals surface area contributed by atoms with E-state index in [9.17, 15) is 4.79 Å². The number of urea groups is 1. The summed E-state index contributed by atoms with van der Waals surface area (Å²) in [5, 5.41) is 10.5. The fourth-order valence-electron chi connectivity index (χ4n) is 2.37. The molecular weight excluding hydrogens is 226 g/mol. The number of carbonyl (C=O) groups excluding carboxylic acids is 1. The molecule has 1 saturated heterocycles. The Bertz CT molecular complexity index is 502. The van der Waals surface area contributed by atoms with Gasteiger partial charge in [-0.1, -0.05) is 35.4 Å². The van der Waals surface area contributed by atoms with E-state index >= 15 is 0 Å². The van der Waals surface area contributed by atoms with Crippen molar-refractivity contribution in [1.82, 2.24) is 10.2 Å². The molecule has 1 atom stereocenters. The van der Waals surface area contributed by atoms with Crippen LogP contribution in [-0.2, 0) is 0 Å². The average Bonchev–Trinajstić information content (AvgIpc) is 2.53. The van der Waals surface area contributed by atoms with E-state index < -0.39 is 0 Å². The first-order valence-corrected chi connectivity index (χ1v) is 5.88. The number of nitrogens with zero attached hydrogens (tertiary/aromatic N) is 1. The van der Waals surface area contributed by atoms with Gasteiger partial charge in [0, 0.05) is 6.54 Å². The van der Waals surface area contributed by atoms with Crippen molar-refractivity contribution in [3.63, 3.8) is 0 Å². The molecule has 18 heavy (non-hydrogen) atoms. The number of aryl methyl sites for hydroxylation is 2. The molecule has 1 heterocycles. The van der Waals surface area contributed by atoms with Gasteiger partial charge in [0.05, 0.1) is 0 Å². The van der Waals surface area contributed by atoms with Crippen molar-refractivity contribution in [1.29, 1.82) is 5.41 Å². The number of amides is 2. The maximum atomic E-state index is 11.8. The van der Waals surface area contributed by atoms with Crippen LogP contribution < -0.4 is 5.32 Å². The van der Waals surface area contributed by atoms with Crippen LogP contribution in [0.1, 0.15) is 22.7 Å². The summed E-state index contributed by atoms with van der Waals surface area (Å²) < 4.78 is 0. The minimum Gasteiger partial charge on any atom is -0.307 e. The molecule has 0 spiro atoms. The standard InChI is InChI=1S/C14H17N3O/c1-4-5-17-12(13(15)16-14(17)18)11-7-9(2)6-10(3)8-11/h4,6-8,12H,1,5H2,2-3H3,(H2,15,16,18). The molecular formula is C14H17N3O. The number of hydrogen-bond acceptors (Lipinski definition) is 2. The van der Waals surface area contributed by atoms with Gasteiger partial charge in [0.15, 0.2) is 0 Å². The van der Waals surface area contributed by atoms with E-state index in [4.69, 9.17) is 5.41 Å². The molecule has 1 aliphatic heterocycles. The molecule has 0 radical (unpaired) electrons. The Morgan fingerprint density at radius 2 is 2.00 bits per heavy atom. The van der Waals surface area contributed by atoms with E-state index in [2.05, 4.69) is 18.0 Å². The summed E-state index contributed by atoms with van der Waals surface area (Å²) in [7, 11) is 0. The average molecular weight is 243 g/mol. The van der Waals surface area contributed by atoms with E-state index in [1.165, 1.54) is 0 Å². The van der Waals surface area contributed by atoms with Gasteiger partial charge in [-0.15, -0.1) is 6.58 Å². The zero-order valence-corrected chi connectivity index (χ0v) is 10.7. The van der Waals surface area contributed by atoms with E-state index in [0.717, 1.165) is 16.7 Å². The predicted octanol–water partition coefficient (Wildman–Crippen LogP) is 2.53. The lowest BCUT2D eigenvalue weighted by Crippen LogP contribution is -2.29. The van der Waals surface area contributed by atoms with E-state index in [1.807, 2.05) is 26.0 Å². The molecule has 0 saturated carbocycles. The van der Waals surface area contributed by atoms with Gasteiger partial charge in [-0.05, 0) is 19.4 Å². The summed E-state index contributed by atoms with van der Waals surface area (Å²) in [5.74, 6) is 0.229. The van der Waals surface area contributed by atoms with Gasteiger partial charge >= 0.3 is 6.03 Å². The summed E-state index contributed by atoms with van der Waals surface area (Å²) >= 11 is 0. The van der Waals surface area contributed by atoms with Crippen LogP contribution in [0.15, 0.2) is 30.9 Å². The molecule has 2 N–H and O–H groups in total. The molecule has 2 amide bonds. The van der Waals surface area contributed by atoms with Crippen molar-refractivity contribution in [2.24, 2.45) is 0 Å². The Kier molecular flexibility index (Phi) is 3.19. The molecule has 1 aromatic carbocycles. The number of hydrogen-bond donors (Lipinski definition) is 2. The number of carbonyl (C=O) groups is 1. The van der Waals surface area contributed by atoms with Gasteiger partial charge in [-0.3, -0.25) is 10.7 Å². The summed E-state index contributed by atoms with van der Waals surface area (Å²) in [6.07, 6.45) is 1.67. The lowest BCUT2D eigenvalue weighted by Gasteiger charge is -2.22. The molecule has 1 aliphatic rings. The number of rotatable bonds is 3. The molecule has 0 aromatic heterocycles. The fraction of sp³-hybridized carbons (Fsp3) is 0.286. The van der Waals surface area contributed by atoms with Gasteiger partial charge < -0.3 is 4.90 Å². The molecule has 0 bridgehead atoms. The van der Waals surface area contributed by atoms with Crippen molar-refractivity contribution in [3.05, 3.63) is 47.5 Å². The second-order valence-corrected chi connectivity index (χ2v) is 4.61. The molecule has 1 aromatic rings. The smallest absolute Gasteiger partial charge is 0.307 e. The van der Waals surface area contributed by atoms with Crippen molar-refractivity contribution in [2.75, 3.05) is 6.54 Å². The minimum atomic E-state index is -0.325. The molecule has 1 unspecified atom stereocenters. The molecule has 2 rings (SSSR count). The third kappa shape index (κ3) is 2.14. The minimum absolute atomic E-state index is 0.229. The van der Waals surface area contributed by atoms with E-state index in [1.54, 1.807) is 11.0 Å². The summed E-state index contributed by atoms with van der Waals surface area (Å²) in [6, 6.07) is 5.55. The summed E-state index contributed by atoms with van der Waals surface area (Å²) in [4.78, 5) is 13.4. The second-order valence-electron chi connectivity index (χ2n) is 4.61. The first-order chi connectivity index (χ1) is 8.52. The molecule has 4 nitrogen and oxygen atoms in total. The third-order valence-corrected chi connectivity index (χ3v) is 2.97. The molecule has 4 heteroatoms. The Morgan fingerprint density at radius 3 is 2.56 bits per heavy atom. The SMILES string of the molecule is C=CCN1C(=O)NC(=N)C1c1cc(C)cc(C)c1. The normalized spacial score (nSPS) is 19.0. The largest absolute Gasteiger partial charge is 0.323 e. The Morgan fingerprint density at radius 1 is 1.39 bits per heavy atom. The number of benzene rings is 1. The monoisotopic (exact) mass is 243 g/mol. The summed E-state index contributed by atoms with van der Waals surface area (Å²) in [5.41, 5.74) is 3.24. The fourth-order valence-corrected chi connectivity index (χ4v) is 2.37. The van der Waals surface area contributed by atoms with Gasteiger partial charge in [-0.25, -0.2) is 4.79 Å².